The van der Waals surface area contributed by atoms with Gasteiger partial charge < -0.3 is 19.0 Å². The minimum absolute atomic E-state index is 0.0156. The monoisotopic (exact) mass is 284 g/mol. The van der Waals surface area contributed by atoms with Crippen LogP contribution >= 0.6 is 0 Å². The Morgan fingerprint density at radius 1 is 1.30 bits per heavy atom. The van der Waals surface area contributed by atoms with Gasteiger partial charge in [0.1, 0.15) is 17.1 Å². The second kappa shape index (κ2) is 7.32. The summed E-state index contributed by atoms with van der Waals surface area (Å²) in [6, 6.07) is 1.06. The summed E-state index contributed by atoms with van der Waals surface area (Å²) >= 11 is 0. The van der Waals surface area contributed by atoms with Gasteiger partial charge in [-0.25, -0.2) is 9.59 Å². The van der Waals surface area contributed by atoms with Crippen molar-refractivity contribution in [2.24, 2.45) is 0 Å². The van der Waals surface area contributed by atoms with Crippen molar-refractivity contribution in [2.45, 2.75) is 25.7 Å². The molecule has 0 aromatic carbocycles. The van der Waals surface area contributed by atoms with Crippen molar-refractivity contribution in [1.29, 1.82) is 0 Å². The van der Waals surface area contributed by atoms with E-state index in [-0.39, 0.29) is 29.9 Å². The molecule has 1 aromatic rings. The summed E-state index contributed by atoms with van der Waals surface area (Å²) < 4.78 is 14.6. The van der Waals surface area contributed by atoms with Crippen LogP contribution in [0.15, 0.2) is 15.3 Å². The molecule has 0 saturated carbocycles. The lowest BCUT2D eigenvalue weighted by molar-refractivity contribution is -0.137. The third kappa shape index (κ3) is 4.11. The zero-order valence-corrected chi connectivity index (χ0v) is 11.3. The zero-order valence-electron chi connectivity index (χ0n) is 11.3. The predicted octanol–water partition coefficient (Wildman–Crippen LogP) is 1.23. The normalized spacial score (nSPS) is 10.1. The average molecular weight is 284 g/mol. The van der Waals surface area contributed by atoms with Gasteiger partial charge in [-0.1, -0.05) is 0 Å². The van der Waals surface area contributed by atoms with E-state index in [1.807, 2.05) is 0 Å². The molecule has 1 aromatic heterocycles. The molecule has 7 heteroatoms. The van der Waals surface area contributed by atoms with Crippen LogP contribution in [0.5, 0.6) is 5.75 Å². The minimum atomic E-state index is -0.898. The number of methoxy groups -OCH3 is 2. The predicted molar refractivity (Wildman–Crippen MR) is 68.1 cm³/mol. The summed E-state index contributed by atoms with van der Waals surface area (Å²) in [5.74, 6) is -1.34. The van der Waals surface area contributed by atoms with Gasteiger partial charge in [-0.05, 0) is 12.8 Å². The maximum atomic E-state index is 11.7. The van der Waals surface area contributed by atoms with Crippen LogP contribution in [0.4, 0.5) is 0 Å². The topological polar surface area (TPSA) is 103 Å². The van der Waals surface area contributed by atoms with E-state index in [0.717, 1.165) is 6.07 Å². The van der Waals surface area contributed by atoms with Gasteiger partial charge in [-0.15, -0.1) is 0 Å². The van der Waals surface area contributed by atoms with E-state index >= 15 is 0 Å². The molecule has 0 unspecified atom stereocenters. The number of aliphatic carboxylic acids is 1. The maximum absolute atomic E-state index is 11.7. The molecule has 0 saturated heterocycles. The van der Waals surface area contributed by atoms with Gasteiger partial charge in [0.2, 0.25) is 0 Å². The summed E-state index contributed by atoms with van der Waals surface area (Å²) in [6.45, 7) is 0. The molecule has 7 nitrogen and oxygen atoms in total. The molecule has 0 amide bonds. The van der Waals surface area contributed by atoms with Gasteiger partial charge in [0, 0.05) is 12.8 Å². The molecular formula is C13H16O7. The van der Waals surface area contributed by atoms with Crippen LogP contribution in [-0.2, 0) is 16.0 Å². The highest BCUT2D eigenvalue weighted by Gasteiger charge is 2.21. The van der Waals surface area contributed by atoms with Crippen molar-refractivity contribution < 1.29 is 28.6 Å². The molecule has 0 aliphatic heterocycles. The number of ether oxygens (including phenoxy) is 2. The first-order chi connectivity index (χ1) is 9.49. The number of carbonyl (C=O) groups is 2. The first-order valence-electron chi connectivity index (χ1n) is 6.00. The van der Waals surface area contributed by atoms with E-state index in [9.17, 15) is 14.4 Å². The van der Waals surface area contributed by atoms with Crippen LogP contribution in [0.2, 0.25) is 0 Å². The Bertz CT molecular complexity index is 544. The zero-order chi connectivity index (χ0) is 15.1. The van der Waals surface area contributed by atoms with Crippen LogP contribution in [0.25, 0.3) is 0 Å². The molecule has 1 N–H and O–H groups in total. The van der Waals surface area contributed by atoms with E-state index in [2.05, 4.69) is 4.74 Å². The summed E-state index contributed by atoms with van der Waals surface area (Å²) in [7, 11) is 2.54. The van der Waals surface area contributed by atoms with Gasteiger partial charge in [0.15, 0.2) is 0 Å². The lowest BCUT2D eigenvalue weighted by Crippen LogP contribution is -2.13. The van der Waals surface area contributed by atoms with Crippen LogP contribution in [0, 0.1) is 0 Å². The fraction of sp³-hybridized carbons (Fsp3) is 0.462. The molecule has 0 atom stereocenters. The highest BCUT2D eigenvalue weighted by atomic mass is 16.5. The summed E-state index contributed by atoms with van der Waals surface area (Å²) in [4.78, 5) is 33.5. The van der Waals surface area contributed by atoms with Crippen molar-refractivity contribution >= 4 is 11.9 Å². The fourth-order valence-electron chi connectivity index (χ4n) is 1.73. The number of carboxylic acids is 1. The van der Waals surface area contributed by atoms with Gasteiger partial charge in [0.25, 0.3) is 0 Å². The molecular weight excluding hydrogens is 268 g/mol. The Hall–Kier alpha value is -2.31. The first kappa shape index (κ1) is 15.7. The van der Waals surface area contributed by atoms with Gasteiger partial charge >= 0.3 is 17.6 Å². The average Bonchev–Trinajstić information content (AvgIpc) is 2.41. The van der Waals surface area contributed by atoms with E-state index < -0.39 is 17.6 Å². The molecule has 0 spiro atoms. The smallest absolute Gasteiger partial charge is 0.345 e. The highest BCUT2D eigenvalue weighted by Crippen LogP contribution is 2.22. The number of hydrogen-bond acceptors (Lipinski definition) is 6. The molecule has 0 fully saturated rings. The van der Waals surface area contributed by atoms with E-state index in [1.165, 1.54) is 14.2 Å². The molecule has 0 aliphatic rings. The lowest BCUT2D eigenvalue weighted by Gasteiger charge is -2.10. The third-order valence-electron chi connectivity index (χ3n) is 2.65. The van der Waals surface area contributed by atoms with Crippen molar-refractivity contribution in [3.63, 3.8) is 0 Å². The van der Waals surface area contributed by atoms with Crippen molar-refractivity contribution in [1.82, 2.24) is 0 Å². The molecule has 0 bridgehead atoms. The van der Waals surface area contributed by atoms with E-state index in [4.69, 9.17) is 14.3 Å². The second-order valence-electron chi connectivity index (χ2n) is 4.02. The fourth-order valence-corrected chi connectivity index (χ4v) is 1.73. The molecule has 110 valence electrons. The van der Waals surface area contributed by atoms with Gasteiger partial charge in [-0.2, -0.15) is 0 Å². The summed E-state index contributed by atoms with van der Waals surface area (Å²) in [6.07, 6.45) is 1.15. The van der Waals surface area contributed by atoms with E-state index in [0.29, 0.717) is 12.8 Å². The Balaban J connectivity index is 2.97. The largest absolute Gasteiger partial charge is 0.495 e. The second-order valence-corrected chi connectivity index (χ2v) is 4.02. The number of carboxylic acid groups (broad SMARTS) is 1. The third-order valence-corrected chi connectivity index (χ3v) is 2.65. The van der Waals surface area contributed by atoms with Gasteiger partial charge in [-0.3, -0.25) is 4.79 Å². The number of unbranched alkanes of at least 4 members (excludes halogenated alkanes) is 1. The van der Waals surface area contributed by atoms with Crippen LogP contribution in [0.1, 0.15) is 35.4 Å². The van der Waals surface area contributed by atoms with Crippen molar-refractivity contribution in [2.75, 3.05) is 14.2 Å². The maximum Gasteiger partial charge on any atom is 0.345 e. The number of hydrogen-bond donors (Lipinski definition) is 1. The SMILES string of the molecule is COC(=O)c1c(OC)cc(=O)oc1CCCCC(=O)O. The minimum Gasteiger partial charge on any atom is -0.495 e. The standard InChI is InChI=1S/C13H16O7/c1-18-9-7-11(16)20-8(12(9)13(17)19-2)5-3-4-6-10(14)15/h7H,3-6H2,1-2H3,(H,14,15). The molecule has 1 rings (SSSR count). The number of carbonyl (C=O) groups excluding carboxylic acids is 1. The number of aryl methyl sites for hydroxylation is 1. The van der Waals surface area contributed by atoms with Crippen LogP contribution in [-0.4, -0.2) is 31.3 Å². The molecule has 1 heterocycles. The first-order valence-corrected chi connectivity index (χ1v) is 6.00. The molecule has 0 aliphatic carbocycles. The summed E-state index contributed by atoms with van der Waals surface area (Å²) in [5, 5.41) is 8.55. The van der Waals surface area contributed by atoms with Crippen molar-refractivity contribution in [3.05, 3.63) is 27.8 Å². The molecule has 0 radical (unpaired) electrons. The quantitative estimate of drug-likeness (QED) is 0.593. The summed E-state index contributed by atoms with van der Waals surface area (Å²) in [5.41, 5.74) is -0.576. The van der Waals surface area contributed by atoms with Crippen LogP contribution in [0.3, 0.4) is 0 Å². The van der Waals surface area contributed by atoms with Crippen LogP contribution < -0.4 is 10.4 Å². The van der Waals surface area contributed by atoms with Crippen molar-refractivity contribution in [3.8, 4) is 5.75 Å². The molecule has 20 heavy (non-hydrogen) atoms. The highest BCUT2D eigenvalue weighted by molar-refractivity contribution is 5.93. The Kier molecular flexibility index (Phi) is 5.76. The number of esters is 1. The Morgan fingerprint density at radius 2 is 2.00 bits per heavy atom. The number of rotatable bonds is 7. The van der Waals surface area contributed by atoms with Gasteiger partial charge in [0.05, 0.1) is 20.3 Å². The Labute approximate surface area is 115 Å². The lowest BCUT2D eigenvalue weighted by atomic mass is 10.1. The Morgan fingerprint density at radius 3 is 2.55 bits per heavy atom. The van der Waals surface area contributed by atoms with E-state index in [1.54, 1.807) is 0 Å².